The molecule has 1 amide bonds. The third kappa shape index (κ3) is 3.47. The van der Waals surface area contributed by atoms with Crippen molar-refractivity contribution < 1.29 is 18.7 Å². The second kappa shape index (κ2) is 6.07. The minimum absolute atomic E-state index is 0.221. The van der Waals surface area contributed by atoms with Crippen LogP contribution in [0.5, 0.6) is 0 Å². The molecule has 2 N–H and O–H groups in total. The van der Waals surface area contributed by atoms with Crippen LogP contribution < -0.4 is 5.32 Å². The fraction of sp³-hybridized carbons (Fsp3) is 0.364. The lowest BCUT2D eigenvalue weighted by molar-refractivity contribution is 0.0906. The molecule has 17 heavy (non-hydrogen) atoms. The molecule has 0 aliphatic rings. The summed E-state index contributed by atoms with van der Waals surface area (Å²) < 4.78 is 27.1. The van der Waals surface area contributed by atoms with E-state index < -0.39 is 29.1 Å². The van der Waals surface area contributed by atoms with E-state index in [1.807, 2.05) is 0 Å². The zero-order chi connectivity index (χ0) is 13.0. The van der Waals surface area contributed by atoms with Gasteiger partial charge in [-0.3, -0.25) is 4.79 Å². The Bertz CT molecular complexity index is 399. The van der Waals surface area contributed by atoms with Crippen molar-refractivity contribution in [2.24, 2.45) is 0 Å². The van der Waals surface area contributed by atoms with Crippen molar-refractivity contribution >= 4 is 21.8 Å². The molecule has 0 fully saturated rings. The Morgan fingerprint density at radius 3 is 2.41 bits per heavy atom. The summed E-state index contributed by atoms with van der Waals surface area (Å²) in [6.07, 6.45) is 0.474. The number of hydrogen-bond acceptors (Lipinski definition) is 2. The highest BCUT2D eigenvalue weighted by Gasteiger charge is 2.20. The topological polar surface area (TPSA) is 49.3 Å². The summed E-state index contributed by atoms with van der Waals surface area (Å²) in [5, 5.41) is 11.2. The van der Waals surface area contributed by atoms with Crippen LogP contribution in [0.25, 0.3) is 0 Å². The largest absolute Gasteiger partial charge is 0.394 e. The van der Waals surface area contributed by atoms with Gasteiger partial charge in [0, 0.05) is 4.47 Å². The van der Waals surface area contributed by atoms with Crippen molar-refractivity contribution in [1.82, 2.24) is 5.32 Å². The predicted molar refractivity (Wildman–Crippen MR) is 62.7 cm³/mol. The second-order valence-electron chi connectivity index (χ2n) is 3.51. The van der Waals surface area contributed by atoms with Crippen LogP contribution in [-0.4, -0.2) is 23.7 Å². The summed E-state index contributed by atoms with van der Waals surface area (Å²) in [4.78, 5) is 11.6. The normalized spacial score (nSPS) is 12.3. The third-order valence-corrected chi connectivity index (χ3v) is 2.74. The molecule has 0 saturated heterocycles. The lowest BCUT2D eigenvalue weighted by Gasteiger charge is -2.14. The first-order valence-corrected chi connectivity index (χ1v) is 5.85. The standard InChI is InChI=1S/C11H12BrF2NO2/c1-2-7(5-16)15-11(17)10-8(13)3-6(12)4-9(10)14/h3-4,7,16H,2,5H2,1H3,(H,15,17)/t7-/m1/s1. The minimum Gasteiger partial charge on any atom is -0.394 e. The van der Waals surface area contributed by atoms with Gasteiger partial charge in [-0.2, -0.15) is 0 Å². The van der Waals surface area contributed by atoms with E-state index in [4.69, 9.17) is 5.11 Å². The van der Waals surface area contributed by atoms with Gasteiger partial charge in [-0.05, 0) is 18.6 Å². The highest BCUT2D eigenvalue weighted by atomic mass is 79.9. The summed E-state index contributed by atoms with van der Waals surface area (Å²) in [5.74, 6) is -2.75. The summed E-state index contributed by atoms with van der Waals surface area (Å²) >= 11 is 2.92. The Labute approximate surface area is 106 Å². The van der Waals surface area contributed by atoms with E-state index in [0.29, 0.717) is 6.42 Å². The number of rotatable bonds is 4. The third-order valence-electron chi connectivity index (χ3n) is 2.28. The van der Waals surface area contributed by atoms with Crippen LogP contribution in [0.3, 0.4) is 0 Å². The number of nitrogens with one attached hydrogen (secondary N) is 1. The summed E-state index contributed by atoms with van der Waals surface area (Å²) in [6, 6.07) is 1.51. The Kier molecular flexibility index (Phi) is 5.02. The number of aliphatic hydroxyl groups is 1. The van der Waals surface area contributed by atoms with Gasteiger partial charge >= 0.3 is 0 Å². The molecule has 0 unspecified atom stereocenters. The van der Waals surface area contributed by atoms with Crippen molar-refractivity contribution in [3.63, 3.8) is 0 Å². The predicted octanol–water partition coefficient (Wildman–Crippen LogP) is 2.23. The molecule has 0 radical (unpaired) electrons. The molecule has 3 nitrogen and oxygen atoms in total. The molecule has 6 heteroatoms. The Balaban J connectivity index is 2.96. The van der Waals surface area contributed by atoms with Gasteiger partial charge in [0.05, 0.1) is 12.6 Å². The molecule has 0 spiro atoms. The molecule has 1 rings (SSSR count). The van der Waals surface area contributed by atoms with Gasteiger partial charge in [-0.15, -0.1) is 0 Å². The molecule has 1 aromatic rings. The highest BCUT2D eigenvalue weighted by molar-refractivity contribution is 9.10. The maximum absolute atomic E-state index is 13.4. The zero-order valence-electron chi connectivity index (χ0n) is 9.14. The molecule has 0 heterocycles. The summed E-state index contributed by atoms with van der Waals surface area (Å²) in [7, 11) is 0. The number of halogens is 3. The van der Waals surface area contributed by atoms with Crippen LogP contribution in [-0.2, 0) is 0 Å². The van der Waals surface area contributed by atoms with E-state index >= 15 is 0 Å². The van der Waals surface area contributed by atoms with E-state index in [9.17, 15) is 13.6 Å². The van der Waals surface area contributed by atoms with E-state index in [-0.39, 0.29) is 11.1 Å². The van der Waals surface area contributed by atoms with Gasteiger partial charge in [0.15, 0.2) is 0 Å². The van der Waals surface area contributed by atoms with Crippen molar-refractivity contribution in [3.8, 4) is 0 Å². The molecule has 0 aliphatic carbocycles. The van der Waals surface area contributed by atoms with Gasteiger partial charge in [0.2, 0.25) is 0 Å². The molecule has 0 bridgehead atoms. The molecular formula is C11H12BrF2NO2. The van der Waals surface area contributed by atoms with Crippen molar-refractivity contribution in [1.29, 1.82) is 0 Å². The molecule has 1 atom stereocenters. The van der Waals surface area contributed by atoms with Crippen LogP contribution in [0.2, 0.25) is 0 Å². The average molecular weight is 308 g/mol. The van der Waals surface area contributed by atoms with E-state index in [2.05, 4.69) is 21.2 Å². The number of amides is 1. The monoisotopic (exact) mass is 307 g/mol. The summed E-state index contributed by atoms with van der Waals surface area (Å²) in [5.41, 5.74) is -0.639. The van der Waals surface area contributed by atoms with Gasteiger partial charge in [0.1, 0.15) is 17.2 Å². The average Bonchev–Trinajstić information content (AvgIpc) is 2.24. The molecule has 94 valence electrons. The van der Waals surface area contributed by atoms with Crippen molar-refractivity contribution in [3.05, 3.63) is 33.8 Å². The number of aliphatic hydroxyl groups excluding tert-OH is 1. The van der Waals surface area contributed by atoms with Crippen LogP contribution in [0.4, 0.5) is 8.78 Å². The fourth-order valence-corrected chi connectivity index (χ4v) is 1.70. The minimum atomic E-state index is -0.942. The molecule has 0 saturated carbocycles. The number of carbonyl (C=O) groups excluding carboxylic acids is 1. The highest BCUT2D eigenvalue weighted by Crippen LogP contribution is 2.19. The van der Waals surface area contributed by atoms with Crippen LogP contribution in [0.15, 0.2) is 16.6 Å². The molecular weight excluding hydrogens is 296 g/mol. The SMILES string of the molecule is CC[C@H](CO)NC(=O)c1c(F)cc(Br)cc1F. The summed E-state index contributed by atoms with van der Waals surface area (Å²) in [6.45, 7) is 1.47. The van der Waals surface area contributed by atoms with Crippen molar-refractivity contribution in [2.45, 2.75) is 19.4 Å². The maximum atomic E-state index is 13.4. The zero-order valence-corrected chi connectivity index (χ0v) is 10.7. The van der Waals surface area contributed by atoms with Crippen LogP contribution in [0.1, 0.15) is 23.7 Å². The van der Waals surface area contributed by atoms with E-state index in [0.717, 1.165) is 12.1 Å². The Hall–Kier alpha value is -1.01. The lowest BCUT2D eigenvalue weighted by atomic mass is 10.1. The number of carbonyl (C=O) groups is 1. The van der Waals surface area contributed by atoms with Crippen LogP contribution >= 0.6 is 15.9 Å². The smallest absolute Gasteiger partial charge is 0.257 e. The quantitative estimate of drug-likeness (QED) is 0.896. The first-order valence-electron chi connectivity index (χ1n) is 5.05. The maximum Gasteiger partial charge on any atom is 0.257 e. The molecule has 0 aromatic heterocycles. The molecule has 1 aromatic carbocycles. The Morgan fingerprint density at radius 2 is 2.00 bits per heavy atom. The second-order valence-corrected chi connectivity index (χ2v) is 4.42. The van der Waals surface area contributed by atoms with E-state index in [1.54, 1.807) is 6.92 Å². The van der Waals surface area contributed by atoms with Gasteiger partial charge in [-0.25, -0.2) is 8.78 Å². The lowest BCUT2D eigenvalue weighted by Crippen LogP contribution is -2.37. The number of hydrogen-bond donors (Lipinski definition) is 2. The van der Waals surface area contributed by atoms with Crippen molar-refractivity contribution in [2.75, 3.05) is 6.61 Å². The fourth-order valence-electron chi connectivity index (χ4n) is 1.29. The number of benzene rings is 1. The van der Waals surface area contributed by atoms with Gasteiger partial charge in [-0.1, -0.05) is 22.9 Å². The van der Waals surface area contributed by atoms with E-state index in [1.165, 1.54) is 0 Å². The van der Waals surface area contributed by atoms with Gasteiger partial charge in [0.25, 0.3) is 5.91 Å². The van der Waals surface area contributed by atoms with Gasteiger partial charge < -0.3 is 10.4 Å². The first-order chi connectivity index (χ1) is 7.99. The Morgan fingerprint density at radius 1 is 1.47 bits per heavy atom. The molecule has 0 aliphatic heterocycles. The first kappa shape index (κ1) is 14.1. The van der Waals surface area contributed by atoms with Crippen LogP contribution in [0, 0.1) is 11.6 Å².